The lowest BCUT2D eigenvalue weighted by atomic mass is 9.43. The van der Waals surface area contributed by atoms with Gasteiger partial charge in [-0.3, -0.25) is 4.98 Å². The normalized spacial score (nSPS) is 26.4. The quantitative estimate of drug-likeness (QED) is 0.196. The molecule has 0 aliphatic heterocycles. The first-order valence-electron chi connectivity index (χ1n) is 18.1. The van der Waals surface area contributed by atoms with Gasteiger partial charge in [-0.05, 0) is 125 Å². The van der Waals surface area contributed by atoms with Gasteiger partial charge in [0.1, 0.15) is 0 Å². The monoisotopic (exact) mass is 620 g/mol. The van der Waals surface area contributed by atoms with Gasteiger partial charge in [-0.15, -0.1) is 0 Å². The standard InChI is InChI=1S/C46H40N2/c1-45(2)37-13-6-4-11-35(37)44-39(45)15-9-17-43(44)48(42-20-21-47-41-16-8-5-12-36(41)42)32-18-19-34-33-10-3-7-14-38(33)46(40(34)27-32)30-23-28-22-29(25-30)26-31(46)24-28/h3-21,27-31H,22-26H2,1-2H3. The first kappa shape index (κ1) is 27.3. The number of hydrogen-bond acceptors (Lipinski definition) is 2. The highest BCUT2D eigenvalue weighted by Gasteiger charge is 2.61. The molecule has 6 aliphatic carbocycles. The van der Waals surface area contributed by atoms with Crippen LogP contribution < -0.4 is 4.90 Å². The Hall–Kier alpha value is -4.69. The lowest BCUT2D eigenvalue weighted by Crippen LogP contribution is -2.55. The molecule has 234 valence electrons. The number of hydrogen-bond donors (Lipinski definition) is 0. The fourth-order valence-corrected chi connectivity index (χ4v) is 11.9. The van der Waals surface area contributed by atoms with Gasteiger partial charge >= 0.3 is 0 Å². The largest absolute Gasteiger partial charge is 0.309 e. The van der Waals surface area contributed by atoms with Crippen molar-refractivity contribution in [2.45, 2.75) is 56.8 Å². The number of anilines is 3. The van der Waals surface area contributed by atoms with Gasteiger partial charge < -0.3 is 4.90 Å². The third-order valence-corrected chi connectivity index (χ3v) is 13.5. The van der Waals surface area contributed by atoms with Crippen LogP contribution in [0, 0.1) is 23.7 Å². The van der Waals surface area contributed by atoms with Crippen molar-refractivity contribution in [1.82, 2.24) is 4.98 Å². The SMILES string of the molecule is CC1(C)c2ccccc2-c2c(N(c3ccc4c(c3)C3(c5ccccc5-4)C4CC5CC(C4)CC3C5)c3ccnc4ccccc34)cccc21. The van der Waals surface area contributed by atoms with Gasteiger partial charge in [0, 0.05) is 33.7 Å². The van der Waals surface area contributed by atoms with Gasteiger partial charge in [0.25, 0.3) is 0 Å². The molecule has 1 aromatic heterocycles. The maximum absolute atomic E-state index is 4.82. The van der Waals surface area contributed by atoms with E-state index < -0.39 is 0 Å². The molecule has 2 nitrogen and oxygen atoms in total. The van der Waals surface area contributed by atoms with Crippen molar-refractivity contribution in [3.63, 3.8) is 0 Å². The summed E-state index contributed by atoms with van der Waals surface area (Å²) in [6.07, 6.45) is 9.03. The van der Waals surface area contributed by atoms with E-state index in [9.17, 15) is 0 Å². The zero-order chi connectivity index (χ0) is 31.8. The molecule has 0 N–H and O–H groups in total. The van der Waals surface area contributed by atoms with Crippen LogP contribution in [0.4, 0.5) is 17.1 Å². The summed E-state index contributed by atoms with van der Waals surface area (Å²) in [6.45, 7) is 4.77. The van der Waals surface area contributed by atoms with Crippen LogP contribution in [0.2, 0.25) is 0 Å². The fourth-order valence-electron chi connectivity index (χ4n) is 11.9. The molecule has 1 spiro atoms. The van der Waals surface area contributed by atoms with Crippen molar-refractivity contribution in [3.8, 4) is 22.3 Å². The zero-order valence-corrected chi connectivity index (χ0v) is 27.8. The molecule has 4 saturated carbocycles. The van der Waals surface area contributed by atoms with Crippen molar-refractivity contribution in [3.05, 3.63) is 144 Å². The van der Waals surface area contributed by atoms with E-state index in [2.05, 4.69) is 134 Å². The summed E-state index contributed by atoms with van der Waals surface area (Å²) in [5.74, 6) is 3.31. The topological polar surface area (TPSA) is 16.1 Å². The van der Waals surface area contributed by atoms with E-state index in [0.29, 0.717) is 0 Å². The lowest BCUT2D eigenvalue weighted by molar-refractivity contribution is -0.0399. The summed E-state index contributed by atoms with van der Waals surface area (Å²) in [4.78, 5) is 7.40. The molecule has 0 amide bonds. The Morgan fingerprint density at radius 3 is 2.04 bits per heavy atom. The van der Waals surface area contributed by atoms with Crippen LogP contribution in [0.1, 0.15) is 68.2 Å². The van der Waals surface area contributed by atoms with Gasteiger partial charge in [-0.1, -0.05) is 98.8 Å². The summed E-state index contributed by atoms with van der Waals surface area (Å²) >= 11 is 0. The van der Waals surface area contributed by atoms with Crippen LogP contribution in [-0.2, 0) is 10.8 Å². The molecular formula is C46H40N2. The van der Waals surface area contributed by atoms with Crippen molar-refractivity contribution in [1.29, 1.82) is 0 Å². The van der Waals surface area contributed by atoms with Crippen LogP contribution in [0.25, 0.3) is 33.2 Å². The molecule has 48 heavy (non-hydrogen) atoms. The highest BCUT2D eigenvalue weighted by Crippen LogP contribution is 2.69. The summed E-state index contributed by atoms with van der Waals surface area (Å²) < 4.78 is 0. The Bertz CT molecular complexity index is 2280. The van der Waals surface area contributed by atoms with Crippen LogP contribution in [0.5, 0.6) is 0 Å². The van der Waals surface area contributed by atoms with Gasteiger partial charge in [0.2, 0.25) is 0 Å². The molecule has 1 heterocycles. The molecule has 0 saturated heterocycles. The number of nitrogens with zero attached hydrogens (tertiary/aromatic N) is 2. The van der Waals surface area contributed by atoms with Crippen molar-refractivity contribution in [2.24, 2.45) is 23.7 Å². The first-order chi connectivity index (χ1) is 23.5. The van der Waals surface area contributed by atoms with E-state index in [-0.39, 0.29) is 10.8 Å². The third kappa shape index (κ3) is 3.36. The van der Waals surface area contributed by atoms with E-state index in [1.54, 1.807) is 11.1 Å². The minimum atomic E-state index is -0.0715. The molecule has 0 atom stereocenters. The second-order valence-corrected chi connectivity index (χ2v) is 16.0. The number of pyridine rings is 1. The predicted octanol–water partition coefficient (Wildman–Crippen LogP) is 11.7. The summed E-state index contributed by atoms with van der Waals surface area (Å²) in [6, 6.07) is 43.9. The fraction of sp³-hybridized carbons (Fsp3) is 0.283. The molecule has 2 heteroatoms. The van der Waals surface area contributed by atoms with Crippen molar-refractivity contribution in [2.75, 3.05) is 4.90 Å². The second kappa shape index (κ2) is 9.47. The van der Waals surface area contributed by atoms with Crippen LogP contribution in [-0.4, -0.2) is 4.98 Å². The van der Waals surface area contributed by atoms with Crippen LogP contribution in [0.3, 0.4) is 0 Å². The average molecular weight is 621 g/mol. The smallest absolute Gasteiger partial charge is 0.0723 e. The highest BCUT2D eigenvalue weighted by molar-refractivity contribution is 6.02. The Kier molecular flexibility index (Phi) is 5.38. The molecule has 6 aliphatic rings. The maximum Gasteiger partial charge on any atom is 0.0723 e. The Labute approximate surface area is 283 Å². The highest BCUT2D eigenvalue weighted by atomic mass is 15.1. The average Bonchev–Trinajstić information content (AvgIpc) is 3.53. The molecule has 0 radical (unpaired) electrons. The predicted molar refractivity (Wildman–Crippen MR) is 197 cm³/mol. The first-order valence-corrected chi connectivity index (χ1v) is 18.1. The number of benzene rings is 5. The molecular weight excluding hydrogens is 581 g/mol. The van der Waals surface area contributed by atoms with Gasteiger partial charge in [-0.25, -0.2) is 0 Å². The third-order valence-electron chi connectivity index (χ3n) is 13.5. The Morgan fingerprint density at radius 2 is 1.23 bits per heavy atom. The number of para-hydroxylation sites is 1. The van der Waals surface area contributed by atoms with Gasteiger partial charge in [-0.2, -0.15) is 0 Å². The second-order valence-electron chi connectivity index (χ2n) is 16.0. The van der Waals surface area contributed by atoms with E-state index in [1.165, 1.54) is 87.9 Å². The van der Waals surface area contributed by atoms with E-state index in [0.717, 1.165) is 29.2 Å². The van der Waals surface area contributed by atoms with Crippen LogP contribution >= 0.6 is 0 Å². The minimum Gasteiger partial charge on any atom is -0.309 e. The number of fused-ring (bicyclic) bond motifs is 7. The molecule has 12 rings (SSSR count). The van der Waals surface area contributed by atoms with E-state index >= 15 is 0 Å². The lowest BCUT2D eigenvalue weighted by Gasteiger charge is -2.61. The molecule has 0 unspecified atom stereocenters. The van der Waals surface area contributed by atoms with Crippen molar-refractivity contribution >= 4 is 28.0 Å². The van der Waals surface area contributed by atoms with E-state index in [1.807, 2.05) is 6.20 Å². The summed E-state index contributed by atoms with van der Waals surface area (Å²) in [5.41, 5.74) is 16.4. The number of aromatic nitrogens is 1. The zero-order valence-electron chi connectivity index (χ0n) is 27.8. The summed E-state index contributed by atoms with van der Waals surface area (Å²) in [5, 5.41) is 1.18. The molecule has 5 aromatic carbocycles. The maximum atomic E-state index is 4.82. The minimum absolute atomic E-state index is 0.0715. The number of rotatable bonds is 3. The van der Waals surface area contributed by atoms with Crippen molar-refractivity contribution < 1.29 is 0 Å². The Balaban J connectivity index is 1.20. The van der Waals surface area contributed by atoms with Gasteiger partial charge in [0.05, 0.1) is 16.9 Å². The molecule has 6 aromatic rings. The van der Waals surface area contributed by atoms with E-state index in [4.69, 9.17) is 4.98 Å². The van der Waals surface area contributed by atoms with Gasteiger partial charge in [0.15, 0.2) is 0 Å². The summed E-state index contributed by atoms with van der Waals surface area (Å²) in [7, 11) is 0. The molecule has 4 bridgehead atoms. The Morgan fingerprint density at radius 1 is 0.562 bits per heavy atom. The van der Waals surface area contributed by atoms with Crippen LogP contribution in [0.15, 0.2) is 121 Å². The molecule has 4 fully saturated rings.